The van der Waals surface area contributed by atoms with Gasteiger partial charge in [0.15, 0.2) is 0 Å². The van der Waals surface area contributed by atoms with Gasteiger partial charge < -0.3 is 4.74 Å². The molecule has 1 N–H and O–H groups in total. The van der Waals surface area contributed by atoms with Gasteiger partial charge in [0.1, 0.15) is 4.90 Å². The molecule has 0 aliphatic heterocycles. The quantitative estimate of drug-likeness (QED) is 0.730. The lowest BCUT2D eigenvalue weighted by molar-refractivity contribution is 0.0778. The Morgan fingerprint density at radius 2 is 1.80 bits per heavy atom. The zero-order valence-corrected chi connectivity index (χ0v) is 16.4. The summed E-state index contributed by atoms with van der Waals surface area (Å²) in [7, 11) is -3.61. The van der Waals surface area contributed by atoms with E-state index >= 15 is 0 Å². The van der Waals surface area contributed by atoms with Crippen molar-refractivity contribution in [1.29, 1.82) is 0 Å². The van der Waals surface area contributed by atoms with Gasteiger partial charge in [0.05, 0.1) is 23.2 Å². The molecule has 0 bridgehead atoms. The minimum atomic E-state index is -3.61. The summed E-state index contributed by atoms with van der Waals surface area (Å²) in [6.07, 6.45) is 0.774. The molecule has 0 saturated carbocycles. The van der Waals surface area contributed by atoms with Gasteiger partial charge in [0.2, 0.25) is 10.0 Å². The number of aromatic nitrogens is 2. The average molecular weight is 365 g/mol. The van der Waals surface area contributed by atoms with Crippen LogP contribution in [0.5, 0.6) is 0 Å². The fourth-order valence-corrected chi connectivity index (χ4v) is 4.09. The fraction of sp³-hybridized carbons (Fsp3) is 0.500. The maximum absolute atomic E-state index is 12.7. The summed E-state index contributed by atoms with van der Waals surface area (Å²) in [5, 5.41) is 4.42. The topological polar surface area (TPSA) is 73.2 Å². The first-order chi connectivity index (χ1) is 11.7. The predicted molar refractivity (Wildman–Crippen MR) is 98.7 cm³/mol. The number of nitrogens with zero attached hydrogens (tertiary/aromatic N) is 2. The number of hydrogen-bond donors (Lipinski definition) is 1. The second kappa shape index (κ2) is 8.12. The third-order valence-electron chi connectivity index (χ3n) is 3.84. The maximum atomic E-state index is 12.7. The van der Waals surface area contributed by atoms with Crippen LogP contribution in [0.3, 0.4) is 0 Å². The van der Waals surface area contributed by atoms with Gasteiger partial charge >= 0.3 is 0 Å². The summed E-state index contributed by atoms with van der Waals surface area (Å²) >= 11 is 0. The molecule has 7 heteroatoms. The van der Waals surface area contributed by atoms with Crippen molar-refractivity contribution in [2.75, 3.05) is 13.2 Å². The molecule has 0 atom stereocenters. The number of rotatable bonds is 8. The molecule has 0 fully saturated rings. The van der Waals surface area contributed by atoms with Gasteiger partial charge in [-0.2, -0.15) is 5.10 Å². The Hall–Kier alpha value is -1.70. The van der Waals surface area contributed by atoms with Crippen molar-refractivity contribution in [3.05, 3.63) is 41.2 Å². The van der Waals surface area contributed by atoms with Crippen LogP contribution < -0.4 is 4.72 Å². The Labute approximate surface area is 150 Å². The zero-order chi connectivity index (χ0) is 18.6. The minimum Gasteiger partial charge on any atom is -0.379 e. The highest BCUT2D eigenvalue weighted by Crippen LogP contribution is 2.22. The number of nitrogens with one attached hydrogen (secondary N) is 1. The van der Waals surface area contributed by atoms with Gasteiger partial charge in [0.25, 0.3) is 0 Å². The molecule has 138 valence electrons. The summed E-state index contributed by atoms with van der Waals surface area (Å²) in [5.74, 6) is 0. The lowest BCUT2D eigenvalue weighted by Gasteiger charge is -2.09. The van der Waals surface area contributed by atoms with Crippen molar-refractivity contribution in [2.24, 2.45) is 0 Å². The molecule has 0 saturated heterocycles. The van der Waals surface area contributed by atoms with Gasteiger partial charge in [0, 0.05) is 13.2 Å². The molecule has 2 rings (SSSR count). The molecule has 25 heavy (non-hydrogen) atoms. The summed E-state index contributed by atoms with van der Waals surface area (Å²) in [5.41, 5.74) is 3.08. The van der Waals surface area contributed by atoms with Crippen LogP contribution in [0.2, 0.25) is 0 Å². The second-order valence-corrected chi connectivity index (χ2v) is 8.12. The van der Waals surface area contributed by atoms with E-state index in [-0.39, 0.29) is 11.0 Å². The van der Waals surface area contributed by atoms with Gasteiger partial charge in [-0.3, -0.25) is 0 Å². The maximum Gasteiger partial charge on any atom is 0.244 e. The van der Waals surface area contributed by atoms with Crippen LogP contribution in [0, 0.1) is 20.8 Å². The minimum absolute atomic E-state index is 0.147. The number of hydrogen-bond acceptors (Lipinski definition) is 4. The Balaban J connectivity index is 2.17. The van der Waals surface area contributed by atoms with Crippen LogP contribution in [0.25, 0.3) is 5.69 Å². The van der Waals surface area contributed by atoms with E-state index in [2.05, 4.69) is 9.82 Å². The molecule has 1 aromatic heterocycles. The summed E-state index contributed by atoms with van der Waals surface area (Å²) in [4.78, 5) is 0.248. The van der Waals surface area contributed by atoms with E-state index in [1.165, 1.54) is 0 Å². The van der Waals surface area contributed by atoms with Gasteiger partial charge in [-0.25, -0.2) is 17.8 Å². The molecule has 1 heterocycles. The number of sulfonamides is 1. The largest absolute Gasteiger partial charge is 0.379 e. The van der Waals surface area contributed by atoms with E-state index in [0.29, 0.717) is 31.0 Å². The summed E-state index contributed by atoms with van der Waals surface area (Å²) in [6.45, 7) is 10.3. The molecule has 2 aromatic rings. The standard InChI is InChI=1S/C18H27N3O3S/c1-13(2)24-12-6-11-19-25(22,23)18-15(4)20-21(16(18)5)17-9-7-14(3)8-10-17/h7-10,13,19H,6,11-12H2,1-5H3. The van der Waals surface area contributed by atoms with E-state index < -0.39 is 10.0 Å². The van der Waals surface area contributed by atoms with E-state index in [1.807, 2.05) is 45.0 Å². The third-order valence-corrected chi connectivity index (χ3v) is 5.55. The highest BCUT2D eigenvalue weighted by atomic mass is 32.2. The van der Waals surface area contributed by atoms with E-state index in [9.17, 15) is 8.42 Å². The lowest BCUT2D eigenvalue weighted by atomic mass is 10.2. The van der Waals surface area contributed by atoms with Gasteiger partial charge in [-0.1, -0.05) is 17.7 Å². The molecule has 0 aliphatic rings. The zero-order valence-electron chi connectivity index (χ0n) is 15.5. The molecule has 0 amide bonds. The van der Waals surface area contributed by atoms with Crippen LogP contribution in [-0.2, 0) is 14.8 Å². The van der Waals surface area contributed by atoms with Crippen molar-refractivity contribution in [2.45, 2.75) is 52.0 Å². The Morgan fingerprint density at radius 1 is 1.16 bits per heavy atom. The smallest absolute Gasteiger partial charge is 0.244 e. The molecular formula is C18H27N3O3S. The lowest BCUT2D eigenvalue weighted by Crippen LogP contribution is -2.26. The first kappa shape index (κ1) is 19.6. The SMILES string of the molecule is Cc1ccc(-n2nc(C)c(S(=O)(=O)NCCCOC(C)C)c2C)cc1. The van der Waals surface area contributed by atoms with Crippen molar-refractivity contribution >= 4 is 10.0 Å². The van der Waals surface area contributed by atoms with E-state index in [0.717, 1.165) is 11.3 Å². The Morgan fingerprint density at radius 3 is 2.40 bits per heavy atom. The fourth-order valence-electron chi connectivity index (χ4n) is 2.62. The Bertz CT molecular complexity index is 809. The molecule has 0 spiro atoms. The van der Waals surface area contributed by atoms with Crippen LogP contribution in [0.15, 0.2) is 29.2 Å². The summed E-state index contributed by atoms with van der Waals surface area (Å²) in [6, 6.07) is 7.82. The highest BCUT2D eigenvalue weighted by Gasteiger charge is 2.24. The monoisotopic (exact) mass is 365 g/mol. The van der Waals surface area contributed by atoms with E-state index in [4.69, 9.17) is 4.74 Å². The third kappa shape index (κ3) is 4.90. The highest BCUT2D eigenvalue weighted by molar-refractivity contribution is 7.89. The molecule has 1 aromatic carbocycles. The first-order valence-electron chi connectivity index (χ1n) is 8.47. The molecule has 0 unspecified atom stereocenters. The second-order valence-electron chi connectivity index (χ2n) is 6.42. The van der Waals surface area contributed by atoms with Gasteiger partial charge in [-0.05, 0) is 53.2 Å². The predicted octanol–water partition coefficient (Wildman–Crippen LogP) is 2.89. The summed E-state index contributed by atoms with van der Waals surface area (Å²) < 4.78 is 35.1. The van der Waals surface area contributed by atoms with Gasteiger partial charge in [-0.15, -0.1) is 0 Å². The van der Waals surface area contributed by atoms with Crippen LogP contribution in [-0.4, -0.2) is 37.5 Å². The van der Waals surface area contributed by atoms with Crippen molar-refractivity contribution in [3.63, 3.8) is 0 Å². The average Bonchev–Trinajstić information content (AvgIpc) is 2.82. The van der Waals surface area contributed by atoms with Crippen LogP contribution in [0.4, 0.5) is 0 Å². The van der Waals surface area contributed by atoms with Crippen molar-refractivity contribution < 1.29 is 13.2 Å². The first-order valence-corrected chi connectivity index (χ1v) is 9.95. The van der Waals surface area contributed by atoms with Crippen LogP contribution in [0.1, 0.15) is 37.2 Å². The number of aryl methyl sites for hydroxylation is 2. The molecule has 0 aliphatic carbocycles. The normalized spacial score (nSPS) is 12.1. The number of ether oxygens (including phenoxy) is 1. The number of benzene rings is 1. The van der Waals surface area contributed by atoms with Crippen molar-refractivity contribution in [3.8, 4) is 5.69 Å². The molecule has 0 radical (unpaired) electrons. The Kier molecular flexibility index (Phi) is 6.37. The van der Waals surface area contributed by atoms with Crippen molar-refractivity contribution in [1.82, 2.24) is 14.5 Å². The van der Waals surface area contributed by atoms with Crippen LogP contribution >= 0.6 is 0 Å². The molecule has 6 nitrogen and oxygen atoms in total. The molecular weight excluding hydrogens is 338 g/mol. The van der Waals surface area contributed by atoms with E-state index in [1.54, 1.807) is 18.5 Å².